The number of carbonyl (C=O) groups is 4. The topological polar surface area (TPSA) is 152 Å². The summed E-state index contributed by atoms with van der Waals surface area (Å²) < 4.78 is 28.4. The number of ketones is 2. The lowest BCUT2D eigenvalue weighted by Gasteiger charge is -2.34. The predicted molar refractivity (Wildman–Crippen MR) is 152 cm³/mol. The molecule has 2 bridgehead atoms. The highest BCUT2D eigenvalue weighted by molar-refractivity contribution is 6.22. The van der Waals surface area contributed by atoms with Crippen LogP contribution in [-0.4, -0.2) is 82.5 Å². The molecular weight excluding hydrogens is 532 g/mol. The van der Waals surface area contributed by atoms with Gasteiger partial charge in [0, 0.05) is 51.6 Å². The zero-order valence-electron chi connectivity index (χ0n) is 25.0. The van der Waals surface area contributed by atoms with Crippen molar-refractivity contribution in [3.05, 3.63) is 58.9 Å². The van der Waals surface area contributed by atoms with Crippen LogP contribution < -0.4 is 11.1 Å². The molecule has 0 fully saturated rings. The lowest BCUT2D eigenvalue weighted by atomic mass is 9.84. The molecule has 0 aromatic carbocycles. The van der Waals surface area contributed by atoms with Crippen LogP contribution in [0.1, 0.15) is 34.1 Å². The molecule has 41 heavy (non-hydrogen) atoms. The Bertz CT molecular complexity index is 1150. The maximum atomic E-state index is 13.4. The van der Waals surface area contributed by atoms with Gasteiger partial charge in [-0.25, -0.2) is 4.79 Å². The summed E-state index contributed by atoms with van der Waals surface area (Å²) in [5, 5.41) is 2.54. The second-order valence-corrected chi connectivity index (χ2v) is 10.2. The van der Waals surface area contributed by atoms with Crippen molar-refractivity contribution in [2.75, 3.05) is 28.4 Å². The third-order valence-electron chi connectivity index (χ3n) is 7.27. The van der Waals surface area contributed by atoms with Crippen molar-refractivity contribution in [1.82, 2.24) is 5.32 Å². The van der Waals surface area contributed by atoms with Crippen LogP contribution in [0.25, 0.3) is 0 Å². The summed E-state index contributed by atoms with van der Waals surface area (Å²) in [7, 11) is 6.05. The Hall–Kier alpha value is -3.38. The Balaban J connectivity index is 2.66. The van der Waals surface area contributed by atoms with Gasteiger partial charge in [-0.3, -0.25) is 14.4 Å². The first-order chi connectivity index (χ1) is 19.4. The second-order valence-electron chi connectivity index (χ2n) is 10.2. The van der Waals surface area contributed by atoms with E-state index in [4.69, 9.17) is 29.4 Å². The number of nitrogens with one attached hydrogen (secondary N) is 1. The molecule has 0 aromatic rings. The number of hydrogen-bond donors (Lipinski definition) is 2. The van der Waals surface area contributed by atoms with E-state index in [1.807, 2.05) is 19.9 Å². The summed E-state index contributed by atoms with van der Waals surface area (Å²) in [5.41, 5.74) is 6.29. The normalized spacial score (nSPS) is 33.1. The molecule has 0 saturated heterocycles. The van der Waals surface area contributed by atoms with E-state index < -0.39 is 54.1 Å². The highest BCUT2D eigenvalue weighted by Gasteiger charge is 2.36. The van der Waals surface area contributed by atoms with Crippen LogP contribution in [0.3, 0.4) is 0 Å². The van der Waals surface area contributed by atoms with Gasteiger partial charge >= 0.3 is 6.09 Å². The summed E-state index contributed by atoms with van der Waals surface area (Å²) in [4.78, 5) is 50.6. The van der Waals surface area contributed by atoms with Crippen molar-refractivity contribution in [1.29, 1.82) is 0 Å². The summed E-state index contributed by atoms with van der Waals surface area (Å²) in [5.74, 6) is -2.04. The number of nitrogens with two attached hydrogens (primary N) is 1. The van der Waals surface area contributed by atoms with E-state index in [2.05, 4.69) is 5.32 Å². The van der Waals surface area contributed by atoms with Crippen molar-refractivity contribution < 1.29 is 42.9 Å². The van der Waals surface area contributed by atoms with Gasteiger partial charge in [0.05, 0.1) is 24.0 Å². The standard InChI is InChI=1S/C30H42N2O9/c1-16-10-9-11-23(37-5)28(41-30(31)36)18(3)12-17(2)27(40-8)24(38-6)13-19(4)26(39-7)21-14-20(33)15-22(25(21)34)32-29(16)35/h9-12,14-15,17,19,23-24,26-28H,13H2,1-8H3,(H2,31,36)(H,32,35)/b11-9?,16-10+,18-12-/t17-,19-,23-,24-,26+,27+,28-/m0/s1. The number of amides is 2. The molecule has 2 amide bonds. The molecule has 1 heterocycles. The first-order valence-corrected chi connectivity index (χ1v) is 13.3. The van der Waals surface area contributed by atoms with Crippen LogP contribution in [0.5, 0.6) is 0 Å². The third kappa shape index (κ3) is 8.80. The minimum Gasteiger partial charge on any atom is -0.439 e. The SMILES string of the molecule is CO[C@H]1[C@@H](OC)C[C@H](C)[C@@H](OC)C2=CC(=O)C=C(NC(=O)/C(C)=C/C=C[C@H](OC)[C@@H](OC(N)=O)/C(C)=C\[C@@H]1C)C2=O. The number of rotatable bonds is 5. The maximum Gasteiger partial charge on any atom is 0.405 e. The largest absolute Gasteiger partial charge is 0.439 e. The van der Waals surface area contributed by atoms with E-state index in [0.29, 0.717) is 12.0 Å². The third-order valence-corrected chi connectivity index (χ3v) is 7.27. The van der Waals surface area contributed by atoms with Crippen molar-refractivity contribution in [2.24, 2.45) is 17.6 Å². The fraction of sp³-hybridized carbons (Fsp3) is 0.533. The molecule has 226 valence electrons. The van der Waals surface area contributed by atoms with E-state index in [0.717, 1.165) is 6.08 Å². The number of hydrogen-bond acceptors (Lipinski definition) is 9. The molecule has 1 aliphatic carbocycles. The van der Waals surface area contributed by atoms with Gasteiger partial charge in [0.2, 0.25) is 5.78 Å². The number of ether oxygens (including phenoxy) is 5. The summed E-state index contributed by atoms with van der Waals surface area (Å²) in [6, 6.07) is 0. The molecule has 11 heteroatoms. The van der Waals surface area contributed by atoms with E-state index >= 15 is 0 Å². The fourth-order valence-corrected chi connectivity index (χ4v) is 5.21. The Labute approximate surface area is 241 Å². The van der Waals surface area contributed by atoms with Crippen LogP contribution in [0, 0.1) is 11.8 Å². The lowest BCUT2D eigenvalue weighted by molar-refractivity contribution is -0.120. The van der Waals surface area contributed by atoms with E-state index in [-0.39, 0.29) is 28.7 Å². The Morgan fingerprint density at radius 2 is 1.63 bits per heavy atom. The highest BCUT2D eigenvalue weighted by atomic mass is 16.6. The monoisotopic (exact) mass is 574 g/mol. The average Bonchev–Trinajstić information content (AvgIpc) is 2.91. The Morgan fingerprint density at radius 3 is 2.20 bits per heavy atom. The summed E-state index contributed by atoms with van der Waals surface area (Å²) >= 11 is 0. The first-order valence-electron chi connectivity index (χ1n) is 13.3. The minimum absolute atomic E-state index is 0.141. The molecule has 0 spiro atoms. The van der Waals surface area contributed by atoms with Gasteiger partial charge in [0.1, 0.15) is 6.10 Å². The van der Waals surface area contributed by atoms with Crippen LogP contribution >= 0.6 is 0 Å². The smallest absolute Gasteiger partial charge is 0.405 e. The molecular formula is C30H42N2O9. The molecule has 7 atom stereocenters. The molecule has 2 rings (SSSR count). The predicted octanol–water partition coefficient (Wildman–Crippen LogP) is 2.71. The van der Waals surface area contributed by atoms with E-state index in [1.54, 1.807) is 40.2 Å². The van der Waals surface area contributed by atoms with Gasteiger partial charge in [-0.2, -0.15) is 0 Å². The van der Waals surface area contributed by atoms with Gasteiger partial charge in [-0.05, 0) is 37.8 Å². The van der Waals surface area contributed by atoms with E-state index in [1.165, 1.54) is 26.4 Å². The first kappa shape index (κ1) is 33.8. The number of primary amides is 1. The quantitative estimate of drug-likeness (QED) is 0.373. The van der Waals surface area contributed by atoms with Crippen LogP contribution in [-0.2, 0) is 38.1 Å². The molecule has 0 saturated carbocycles. The Kier molecular flexibility index (Phi) is 12.8. The highest BCUT2D eigenvalue weighted by Crippen LogP contribution is 2.30. The van der Waals surface area contributed by atoms with Crippen LogP contribution in [0.2, 0.25) is 0 Å². The van der Waals surface area contributed by atoms with Gasteiger partial charge in [0.25, 0.3) is 5.91 Å². The van der Waals surface area contributed by atoms with Crippen LogP contribution in [0.15, 0.2) is 58.9 Å². The molecule has 3 N–H and O–H groups in total. The Morgan fingerprint density at radius 1 is 0.951 bits per heavy atom. The van der Waals surface area contributed by atoms with E-state index in [9.17, 15) is 19.2 Å². The van der Waals surface area contributed by atoms with Crippen molar-refractivity contribution >= 4 is 23.6 Å². The summed E-state index contributed by atoms with van der Waals surface area (Å²) in [6.45, 7) is 7.17. The number of carbonyl (C=O) groups excluding carboxylic acids is 4. The molecule has 0 radical (unpaired) electrons. The number of Topliss-reactive ketones (excluding diaryl/α,β-unsaturated/α-hetero) is 1. The van der Waals surface area contributed by atoms with Crippen LogP contribution in [0.4, 0.5) is 4.79 Å². The molecule has 11 nitrogen and oxygen atoms in total. The second kappa shape index (κ2) is 15.6. The van der Waals surface area contributed by atoms with Gasteiger partial charge in [-0.1, -0.05) is 38.2 Å². The number of methoxy groups -OCH3 is 4. The maximum absolute atomic E-state index is 13.4. The number of allylic oxidation sites excluding steroid dienone is 5. The minimum atomic E-state index is -0.972. The van der Waals surface area contributed by atoms with Crippen molar-refractivity contribution in [3.63, 3.8) is 0 Å². The molecule has 1 aliphatic heterocycles. The number of fused-ring (bicyclic) bond motifs is 2. The van der Waals surface area contributed by atoms with Gasteiger partial charge < -0.3 is 34.7 Å². The molecule has 2 aliphatic rings. The molecule has 0 aromatic heterocycles. The lowest BCUT2D eigenvalue weighted by Crippen LogP contribution is -2.41. The van der Waals surface area contributed by atoms with Gasteiger partial charge in [0.15, 0.2) is 11.9 Å². The summed E-state index contributed by atoms with van der Waals surface area (Å²) in [6.07, 6.45) is 5.11. The zero-order valence-corrected chi connectivity index (χ0v) is 25.0. The fourth-order valence-electron chi connectivity index (χ4n) is 5.21. The average molecular weight is 575 g/mol. The van der Waals surface area contributed by atoms with Crippen molar-refractivity contribution in [3.8, 4) is 0 Å². The molecule has 0 unspecified atom stereocenters. The zero-order chi connectivity index (χ0) is 30.9. The van der Waals surface area contributed by atoms with Crippen molar-refractivity contribution in [2.45, 2.75) is 64.6 Å². The van der Waals surface area contributed by atoms with Gasteiger partial charge in [-0.15, -0.1) is 0 Å².